The highest BCUT2D eigenvalue weighted by atomic mass is 16.7. The Hall–Kier alpha value is -1.74. The van der Waals surface area contributed by atoms with Crippen LogP contribution < -0.4 is 4.74 Å². The Balaban J connectivity index is 2.20. The van der Waals surface area contributed by atoms with Gasteiger partial charge in [0.1, 0.15) is 18.3 Å². The van der Waals surface area contributed by atoms with E-state index in [1.54, 1.807) is 0 Å². The Morgan fingerprint density at radius 1 is 1.20 bits per heavy atom. The van der Waals surface area contributed by atoms with Gasteiger partial charge in [-0.3, -0.25) is 10.1 Å². The van der Waals surface area contributed by atoms with Gasteiger partial charge >= 0.3 is 5.69 Å². The van der Waals surface area contributed by atoms with Crippen molar-refractivity contribution in [1.82, 2.24) is 0 Å². The smallest absolute Gasteiger partial charge is 0.311 e. The van der Waals surface area contributed by atoms with Crippen molar-refractivity contribution in [3.05, 3.63) is 34.4 Å². The van der Waals surface area contributed by atoms with Gasteiger partial charge < -0.3 is 24.8 Å². The average molecular weight is 285 g/mol. The first-order valence-electron chi connectivity index (χ1n) is 6.01. The van der Waals surface area contributed by atoms with E-state index in [4.69, 9.17) is 9.47 Å². The maximum absolute atomic E-state index is 10.9. The monoisotopic (exact) mass is 285 g/mol. The lowest BCUT2D eigenvalue weighted by molar-refractivity contribution is -0.387. The van der Waals surface area contributed by atoms with Crippen LogP contribution in [-0.2, 0) is 4.74 Å². The molecule has 0 bridgehead atoms. The number of ether oxygens (including phenoxy) is 2. The molecule has 110 valence electrons. The van der Waals surface area contributed by atoms with Crippen LogP contribution in [0.5, 0.6) is 5.75 Å². The maximum Gasteiger partial charge on any atom is 0.311 e. The highest BCUT2D eigenvalue weighted by Gasteiger charge is 2.43. The van der Waals surface area contributed by atoms with Crippen LogP contribution in [0.25, 0.3) is 0 Å². The van der Waals surface area contributed by atoms with Gasteiger partial charge in [0.25, 0.3) is 0 Å². The van der Waals surface area contributed by atoms with Gasteiger partial charge in [-0.2, -0.15) is 0 Å². The van der Waals surface area contributed by atoms with Gasteiger partial charge in [-0.15, -0.1) is 0 Å². The van der Waals surface area contributed by atoms with Crippen LogP contribution in [0.3, 0.4) is 0 Å². The van der Waals surface area contributed by atoms with Crippen molar-refractivity contribution < 1.29 is 29.7 Å². The molecule has 1 saturated heterocycles. The number of benzene rings is 1. The minimum atomic E-state index is -1.51. The molecule has 0 saturated carbocycles. The molecule has 3 N–H and O–H groups in total. The zero-order chi connectivity index (χ0) is 14.9. The number of hydrogen-bond acceptors (Lipinski definition) is 7. The van der Waals surface area contributed by atoms with Crippen LogP contribution in [-0.4, -0.2) is 50.9 Å². The topological polar surface area (TPSA) is 122 Å². The molecule has 1 aromatic carbocycles. The van der Waals surface area contributed by atoms with Crippen molar-refractivity contribution >= 4 is 5.69 Å². The van der Waals surface area contributed by atoms with Gasteiger partial charge in [0.05, 0.1) is 11.0 Å². The third kappa shape index (κ3) is 2.73. The van der Waals surface area contributed by atoms with Crippen molar-refractivity contribution in [3.8, 4) is 5.75 Å². The van der Waals surface area contributed by atoms with Crippen LogP contribution >= 0.6 is 0 Å². The van der Waals surface area contributed by atoms with Crippen molar-refractivity contribution in [1.29, 1.82) is 0 Å². The third-order valence-corrected chi connectivity index (χ3v) is 3.11. The van der Waals surface area contributed by atoms with E-state index < -0.39 is 35.6 Å². The molecule has 8 nitrogen and oxygen atoms in total. The molecule has 0 aromatic heterocycles. The largest absolute Gasteiger partial charge is 0.455 e. The normalized spacial score (nSPS) is 33.7. The number of rotatable bonds is 3. The van der Waals surface area contributed by atoms with Crippen LogP contribution in [0.2, 0.25) is 0 Å². The van der Waals surface area contributed by atoms with Crippen LogP contribution in [0.15, 0.2) is 24.3 Å². The second-order valence-corrected chi connectivity index (χ2v) is 4.52. The molecule has 1 fully saturated rings. The standard InChI is InChI=1S/C12H15NO7/c1-6-9(14)10(15)11(16)12(19-6)20-8-5-3-2-4-7(8)13(17)18/h2-6,9-12,14-16H,1H3/t6-,9-,10+,11+,12-/m1/s1. The zero-order valence-electron chi connectivity index (χ0n) is 10.6. The molecule has 20 heavy (non-hydrogen) atoms. The van der Waals surface area contributed by atoms with Crippen molar-refractivity contribution in [2.45, 2.75) is 37.6 Å². The van der Waals surface area contributed by atoms with E-state index in [2.05, 4.69) is 0 Å². The number of aliphatic hydroxyl groups is 3. The van der Waals surface area contributed by atoms with Crippen molar-refractivity contribution in [3.63, 3.8) is 0 Å². The fraction of sp³-hybridized carbons (Fsp3) is 0.500. The number of nitro groups is 1. The number of para-hydroxylation sites is 2. The Morgan fingerprint density at radius 3 is 2.50 bits per heavy atom. The summed E-state index contributed by atoms with van der Waals surface area (Å²) in [5.41, 5.74) is -0.281. The second kappa shape index (κ2) is 5.71. The van der Waals surface area contributed by atoms with Gasteiger partial charge in [-0.05, 0) is 13.0 Å². The third-order valence-electron chi connectivity index (χ3n) is 3.11. The van der Waals surface area contributed by atoms with Crippen molar-refractivity contribution in [2.24, 2.45) is 0 Å². The van der Waals surface area contributed by atoms with Crippen LogP contribution in [0, 0.1) is 10.1 Å². The molecule has 1 aliphatic heterocycles. The first-order chi connectivity index (χ1) is 9.41. The van der Waals surface area contributed by atoms with Crippen LogP contribution in [0.4, 0.5) is 5.69 Å². The molecule has 0 amide bonds. The summed E-state index contributed by atoms with van der Waals surface area (Å²) in [6.07, 6.45) is -6.30. The van der Waals surface area contributed by atoms with Gasteiger partial charge in [-0.25, -0.2) is 0 Å². The summed E-state index contributed by atoms with van der Waals surface area (Å²) in [5.74, 6) is -0.0858. The fourth-order valence-corrected chi connectivity index (χ4v) is 1.94. The van der Waals surface area contributed by atoms with E-state index in [1.807, 2.05) is 0 Å². The molecule has 0 radical (unpaired) electrons. The van der Waals surface area contributed by atoms with E-state index in [9.17, 15) is 25.4 Å². The summed E-state index contributed by atoms with van der Waals surface area (Å²) in [6.45, 7) is 1.50. The maximum atomic E-state index is 10.9. The summed E-state index contributed by atoms with van der Waals surface area (Å²) in [6, 6.07) is 5.62. The van der Waals surface area contributed by atoms with Crippen molar-refractivity contribution in [2.75, 3.05) is 0 Å². The summed E-state index contributed by atoms with van der Waals surface area (Å²) < 4.78 is 10.5. The van der Waals surface area contributed by atoms with Crippen LogP contribution in [0.1, 0.15) is 6.92 Å². The fourth-order valence-electron chi connectivity index (χ4n) is 1.94. The summed E-state index contributed by atoms with van der Waals surface area (Å²) in [5, 5.41) is 39.8. The van der Waals surface area contributed by atoms with Gasteiger partial charge in [0.2, 0.25) is 6.29 Å². The lowest BCUT2D eigenvalue weighted by Crippen LogP contribution is -2.58. The molecule has 8 heteroatoms. The molecule has 1 aliphatic rings. The molecule has 1 heterocycles. The molecular formula is C12H15NO7. The summed E-state index contributed by atoms with van der Waals surface area (Å²) in [7, 11) is 0. The molecule has 1 aromatic rings. The first-order valence-corrected chi connectivity index (χ1v) is 6.01. The highest BCUT2D eigenvalue weighted by molar-refractivity contribution is 5.45. The van der Waals surface area contributed by atoms with E-state index in [0.717, 1.165) is 0 Å². The van der Waals surface area contributed by atoms with E-state index in [0.29, 0.717) is 0 Å². The highest BCUT2D eigenvalue weighted by Crippen LogP contribution is 2.30. The Labute approximate surface area is 114 Å². The Kier molecular flexibility index (Phi) is 4.19. The number of hydrogen-bond donors (Lipinski definition) is 3. The molecular weight excluding hydrogens is 270 g/mol. The first kappa shape index (κ1) is 14.7. The average Bonchev–Trinajstić information content (AvgIpc) is 2.43. The van der Waals surface area contributed by atoms with E-state index in [1.165, 1.54) is 31.2 Å². The summed E-state index contributed by atoms with van der Waals surface area (Å²) in [4.78, 5) is 10.2. The predicted molar refractivity (Wildman–Crippen MR) is 66.1 cm³/mol. The number of aliphatic hydroxyl groups excluding tert-OH is 3. The summed E-state index contributed by atoms with van der Waals surface area (Å²) >= 11 is 0. The SMILES string of the molecule is C[C@H]1O[C@H](Oc2ccccc2[N+](=O)[O-])[C@@H](O)[C@@H](O)[C@@H]1O. The van der Waals surface area contributed by atoms with Gasteiger partial charge in [0, 0.05) is 6.07 Å². The molecule has 0 spiro atoms. The lowest BCUT2D eigenvalue weighted by atomic mass is 10.00. The quantitative estimate of drug-likeness (QED) is 0.519. The predicted octanol–water partition coefficient (Wildman–Crippen LogP) is -0.199. The minimum Gasteiger partial charge on any atom is -0.455 e. The van der Waals surface area contributed by atoms with Gasteiger partial charge in [-0.1, -0.05) is 12.1 Å². The second-order valence-electron chi connectivity index (χ2n) is 4.52. The molecule has 0 aliphatic carbocycles. The Bertz CT molecular complexity index is 494. The Morgan fingerprint density at radius 2 is 1.85 bits per heavy atom. The molecule has 2 rings (SSSR count). The van der Waals surface area contributed by atoms with Gasteiger partial charge in [0.15, 0.2) is 5.75 Å². The molecule has 5 atom stereocenters. The molecule has 0 unspecified atom stereocenters. The number of nitrogens with zero attached hydrogens (tertiary/aromatic N) is 1. The minimum absolute atomic E-state index is 0.0858. The zero-order valence-corrected chi connectivity index (χ0v) is 10.6. The van der Waals surface area contributed by atoms with E-state index >= 15 is 0 Å². The number of nitro benzene ring substituents is 1. The van der Waals surface area contributed by atoms with E-state index in [-0.39, 0.29) is 11.4 Å². The lowest BCUT2D eigenvalue weighted by Gasteiger charge is -2.38.